The second-order valence-corrected chi connectivity index (χ2v) is 8.75. The van der Waals surface area contributed by atoms with E-state index in [1.807, 2.05) is 9.80 Å². The molecule has 0 bridgehead atoms. The van der Waals surface area contributed by atoms with E-state index in [4.69, 9.17) is 28.6 Å². The highest BCUT2D eigenvalue weighted by Gasteiger charge is 2.27. The predicted octanol–water partition coefficient (Wildman–Crippen LogP) is 4.02. The number of nitrogens with zero attached hydrogens (tertiary/aromatic N) is 3. The van der Waals surface area contributed by atoms with Crippen molar-refractivity contribution in [3.05, 3.63) is 67.1 Å². The summed E-state index contributed by atoms with van der Waals surface area (Å²) in [5.74, 6) is -1.03. The summed E-state index contributed by atoms with van der Waals surface area (Å²) >= 11 is 14.8. The smallest absolute Gasteiger partial charge is 0.338 e. The number of anilines is 1. The summed E-state index contributed by atoms with van der Waals surface area (Å²) in [5, 5.41) is 14.9. The number of halogens is 2. The summed E-state index contributed by atoms with van der Waals surface area (Å²) in [7, 11) is 0. The molecule has 3 rings (SSSR count). The highest BCUT2D eigenvalue weighted by atomic mass is 79.9. The topological polar surface area (TPSA) is 105 Å². The molecule has 1 saturated heterocycles. The van der Waals surface area contributed by atoms with Gasteiger partial charge in [0.05, 0.1) is 27.7 Å². The van der Waals surface area contributed by atoms with Gasteiger partial charge in [0.1, 0.15) is 5.69 Å². The molecule has 1 aliphatic rings. The van der Waals surface area contributed by atoms with E-state index in [2.05, 4.69) is 21.2 Å². The molecule has 0 saturated carbocycles. The van der Waals surface area contributed by atoms with Crippen molar-refractivity contribution in [1.82, 2.24) is 10.2 Å². The van der Waals surface area contributed by atoms with Gasteiger partial charge in [0.25, 0.3) is 11.6 Å². The van der Waals surface area contributed by atoms with Crippen molar-refractivity contribution < 1.29 is 19.2 Å². The number of hydrogen-bond acceptors (Lipinski definition) is 7. The minimum atomic E-state index is -0.608. The van der Waals surface area contributed by atoms with Crippen LogP contribution < -0.4 is 10.2 Å². The maximum atomic E-state index is 12.6. The Morgan fingerprint density at radius 1 is 1.21 bits per heavy atom. The standard InChI is InChI=1S/C21H20BrClN4O5S/c1-2-32-20(29)13-3-6-17(18(11-13)27(30)31)25-7-9-26(10-8-25)21(33)24-19(28)15-12-14(22)4-5-16(15)23/h3-6,11-12H,2,7-10H2,1H3,(H,24,28,33). The Morgan fingerprint density at radius 2 is 1.91 bits per heavy atom. The number of piperazine rings is 1. The van der Waals surface area contributed by atoms with Crippen LogP contribution in [0.3, 0.4) is 0 Å². The highest BCUT2D eigenvalue weighted by molar-refractivity contribution is 9.10. The fourth-order valence-corrected chi connectivity index (χ4v) is 4.18. The van der Waals surface area contributed by atoms with E-state index in [0.717, 1.165) is 0 Å². The van der Waals surface area contributed by atoms with Gasteiger partial charge < -0.3 is 14.5 Å². The van der Waals surface area contributed by atoms with Crippen LogP contribution in [0, 0.1) is 10.1 Å². The number of ether oxygens (including phenoxy) is 1. The second-order valence-electron chi connectivity index (χ2n) is 7.04. The van der Waals surface area contributed by atoms with Crippen molar-refractivity contribution in [2.75, 3.05) is 37.7 Å². The van der Waals surface area contributed by atoms with Gasteiger partial charge >= 0.3 is 5.97 Å². The Labute approximate surface area is 208 Å². The zero-order chi connectivity index (χ0) is 24.1. The van der Waals surface area contributed by atoms with Gasteiger partial charge in [-0.1, -0.05) is 27.5 Å². The number of benzene rings is 2. The Bertz CT molecular complexity index is 1110. The van der Waals surface area contributed by atoms with Gasteiger partial charge in [0, 0.05) is 36.7 Å². The van der Waals surface area contributed by atoms with Crippen LogP contribution in [0.5, 0.6) is 0 Å². The third kappa shape index (κ3) is 5.98. The average molecular weight is 556 g/mol. The molecule has 0 aromatic heterocycles. The minimum Gasteiger partial charge on any atom is -0.462 e. The number of carbonyl (C=O) groups is 2. The predicted molar refractivity (Wildman–Crippen MR) is 132 cm³/mol. The molecule has 9 nitrogen and oxygen atoms in total. The third-order valence-corrected chi connectivity index (χ3v) is 6.17. The maximum Gasteiger partial charge on any atom is 0.338 e. The van der Waals surface area contributed by atoms with Gasteiger partial charge in [0.15, 0.2) is 5.11 Å². The summed E-state index contributed by atoms with van der Waals surface area (Å²) in [6.45, 7) is 3.62. The molecule has 1 amide bonds. The number of nitrogens with one attached hydrogen (secondary N) is 1. The first kappa shape index (κ1) is 24.9. The number of nitro benzene ring substituents is 1. The van der Waals surface area contributed by atoms with E-state index in [9.17, 15) is 19.7 Å². The van der Waals surface area contributed by atoms with Crippen LogP contribution in [0.25, 0.3) is 0 Å². The van der Waals surface area contributed by atoms with E-state index in [1.165, 1.54) is 12.1 Å². The monoisotopic (exact) mass is 554 g/mol. The molecular weight excluding hydrogens is 536 g/mol. The van der Waals surface area contributed by atoms with Crippen LogP contribution >= 0.6 is 39.7 Å². The van der Waals surface area contributed by atoms with Crippen molar-refractivity contribution in [1.29, 1.82) is 0 Å². The summed E-state index contributed by atoms with van der Waals surface area (Å²) in [6, 6.07) is 9.25. The molecule has 0 spiro atoms. The first-order chi connectivity index (χ1) is 15.7. The maximum absolute atomic E-state index is 12.6. The zero-order valence-electron chi connectivity index (χ0n) is 17.5. The van der Waals surface area contributed by atoms with E-state index in [0.29, 0.717) is 46.9 Å². The quantitative estimate of drug-likeness (QED) is 0.255. The van der Waals surface area contributed by atoms with Crippen LogP contribution in [-0.4, -0.2) is 59.6 Å². The average Bonchev–Trinajstić information content (AvgIpc) is 2.80. The zero-order valence-corrected chi connectivity index (χ0v) is 20.7. The lowest BCUT2D eigenvalue weighted by Crippen LogP contribution is -2.52. The van der Waals surface area contributed by atoms with Crippen molar-refractivity contribution in [2.24, 2.45) is 0 Å². The van der Waals surface area contributed by atoms with Crippen LogP contribution in [0.1, 0.15) is 27.6 Å². The fourth-order valence-electron chi connectivity index (χ4n) is 3.34. The number of carbonyl (C=O) groups excluding carboxylic acids is 2. The third-order valence-electron chi connectivity index (χ3n) is 4.98. The van der Waals surface area contributed by atoms with Crippen LogP contribution in [0.2, 0.25) is 5.02 Å². The Kier molecular flexibility index (Phi) is 8.22. The van der Waals surface area contributed by atoms with E-state index in [1.54, 1.807) is 31.2 Å². The number of nitro groups is 1. The normalized spacial score (nSPS) is 13.4. The Hall–Kier alpha value is -2.76. The molecule has 0 atom stereocenters. The molecule has 1 heterocycles. The van der Waals surface area contributed by atoms with Gasteiger partial charge in [-0.15, -0.1) is 0 Å². The molecule has 33 heavy (non-hydrogen) atoms. The highest BCUT2D eigenvalue weighted by Crippen LogP contribution is 2.30. The summed E-state index contributed by atoms with van der Waals surface area (Å²) in [6.07, 6.45) is 0. The lowest BCUT2D eigenvalue weighted by molar-refractivity contribution is -0.384. The summed E-state index contributed by atoms with van der Waals surface area (Å²) in [5.41, 5.74) is 0.656. The van der Waals surface area contributed by atoms with Crippen molar-refractivity contribution in [3.63, 3.8) is 0 Å². The molecule has 174 valence electrons. The number of thiocarbonyl (C=S) groups is 1. The molecule has 0 aliphatic carbocycles. The Balaban J connectivity index is 1.66. The van der Waals surface area contributed by atoms with Gasteiger partial charge in [-0.2, -0.15) is 0 Å². The van der Waals surface area contributed by atoms with Gasteiger partial charge in [0.2, 0.25) is 0 Å². The van der Waals surface area contributed by atoms with Gasteiger partial charge in [-0.3, -0.25) is 20.2 Å². The number of amides is 1. The second kappa shape index (κ2) is 10.9. The summed E-state index contributed by atoms with van der Waals surface area (Å²) < 4.78 is 5.64. The first-order valence-electron chi connectivity index (χ1n) is 9.97. The van der Waals surface area contributed by atoms with Gasteiger partial charge in [-0.25, -0.2) is 4.79 Å². The molecule has 1 N–H and O–H groups in total. The summed E-state index contributed by atoms with van der Waals surface area (Å²) in [4.78, 5) is 39.2. The van der Waals surface area contributed by atoms with Crippen molar-refractivity contribution in [2.45, 2.75) is 6.92 Å². The molecule has 12 heteroatoms. The van der Waals surface area contributed by atoms with Crippen molar-refractivity contribution >= 4 is 68.1 Å². The number of esters is 1. The van der Waals surface area contributed by atoms with E-state index < -0.39 is 16.8 Å². The lowest BCUT2D eigenvalue weighted by Gasteiger charge is -2.37. The molecule has 1 fully saturated rings. The largest absolute Gasteiger partial charge is 0.462 e. The first-order valence-corrected chi connectivity index (χ1v) is 11.5. The van der Waals surface area contributed by atoms with Crippen LogP contribution in [0.4, 0.5) is 11.4 Å². The number of rotatable bonds is 5. The van der Waals surface area contributed by atoms with Gasteiger partial charge in [-0.05, 0) is 49.5 Å². The van der Waals surface area contributed by atoms with Crippen LogP contribution in [-0.2, 0) is 4.74 Å². The molecule has 2 aromatic rings. The fraction of sp³-hybridized carbons (Fsp3) is 0.286. The van der Waals surface area contributed by atoms with Crippen LogP contribution in [0.15, 0.2) is 40.9 Å². The molecule has 0 radical (unpaired) electrons. The van der Waals surface area contributed by atoms with E-state index in [-0.39, 0.29) is 23.0 Å². The molecular formula is C21H20BrClN4O5S. The lowest BCUT2D eigenvalue weighted by atomic mass is 10.1. The Morgan fingerprint density at radius 3 is 2.55 bits per heavy atom. The van der Waals surface area contributed by atoms with E-state index >= 15 is 0 Å². The minimum absolute atomic E-state index is 0.126. The number of hydrogen-bond donors (Lipinski definition) is 1. The molecule has 2 aromatic carbocycles. The van der Waals surface area contributed by atoms with Crippen molar-refractivity contribution in [3.8, 4) is 0 Å². The molecule has 1 aliphatic heterocycles. The molecule has 0 unspecified atom stereocenters. The SMILES string of the molecule is CCOC(=O)c1ccc(N2CCN(C(=S)NC(=O)c3cc(Br)ccc3Cl)CC2)c([N+](=O)[O-])c1.